The van der Waals surface area contributed by atoms with Crippen LogP contribution in [0.15, 0.2) is 36.7 Å². The summed E-state index contributed by atoms with van der Waals surface area (Å²) in [6, 6.07) is 4.33. The van der Waals surface area contributed by atoms with E-state index in [1.165, 1.54) is 11.1 Å². The molecule has 0 saturated heterocycles. The Kier molecular flexibility index (Phi) is 5.05. The van der Waals surface area contributed by atoms with Gasteiger partial charge in [-0.25, -0.2) is 0 Å². The lowest BCUT2D eigenvalue weighted by molar-refractivity contribution is 0.601. The second-order valence-electron chi connectivity index (χ2n) is 3.96. The summed E-state index contributed by atoms with van der Waals surface area (Å²) in [4.78, 5) is 3.99. The van der Waals surface area contributed by atoms with Crippen molar-refractivity contribution in [1.82, 2.24) is 4.98 Å². The van der Waals surface area contributed by atoms with Crippen molar-refractivity contribution in [2.45, 2.75) is 38.6 Å². The number of rotatable bonds is 6. The molecule has 0 aliphatic carbocycles. The Morgan fingerprint density at radius 3 is 2.73 bits per heavy atom. The van der Waals surface area contributed by atoms with Gasteiger partial charge in [0, 0.05) is 18.4 Å². The number of aromatic nitrogens is 1. The zero-order chi connectivity index (χ0) is 11.1. The van der Waals surface area contributed by atoms with Crippen LogP contribution in [0, 0.1) is 0 Å². The van der Waals surface area contributed by atoms with Gasteiger partial charge in [0.05, 0.1) is 0 Å². The van der Waals surface area contributed by atoms with Crippen LogP contribution in [0.3, 0.4) is 0 Å². The van der Waals surface area contributed by atoms with Crippen LogP contribution in [0.2, 0.25) is 0 Å². The number of aryl methyl sites for hydroxylation is 1. The third-order valence-electron chi connectivity index (χ3n) is 2.60. The predicted octanol–water partition coefficient (Wildman–Crippen LogP) is 2.70. The van der Waals surface area contributed by atoms with E-state index in [1.54, 1.807) is 0 Å². The normalized spacial score (nSPS) is 12.4. The molecule has 1 unspecified atom stereocenters. The lowest BCUT2D eigenvalue weighted by Gasteiger charge is -2.12. The molecule has 0 aliphatic rings. The van der Waals surface area contributed by atoms with Gasteiger partial charge in [-0.05, 0) is 43.4 Å². The summed E-state index contributed by atoms with van der Waals surface area (Å²) in [5, 5.41) is 0. The Bertz CT molecular complexity index is 293. The molecule has 1 aromatic rings. The van der Waals surface area contributed by atoms with Crippen molar-refractivity contribution in [3.8, 4) is 0 Å². The van der Waals surface area contributed by atoms with E-state index < -0.39 is 0 Å². The van der Waals surface area contributed by atoms with Crippen LogP contribution in [0.1, 0.15) is 31.7 Å². The minimum Gasteiger partial charge on any atom is -0.327 e. The van der Waals surface area contributed by atoms with Crippen molar-refractivity contribution in [3.05, 3.63) is 42.2 Å². The topological polar surface area (TPSA) is 38.9 Å². The molecular formula is C13H20N2. The third kappa shape index (κ3) is 4.75. The van der Waals surface area contributed by atoms with E-state index in [2.05, 4.69) is 18.5 Å². The fourth-order valence-electron chi connectivity index (χ4n) is 1.52. The molecule has 1 heterocycles. The molecule has 0 fully saturated rings. The summed E-state index contributed by atoms with van der Waals surface area (Å²) in [6.07, 6.45) is 7.67. The average molecular weight is 204 g/mol. The number of hydrogen-bond donors (Lipinski definition) is 1. The Morgan fingerprint density at radius 2 is 2.13 bits per heavy atom. The minimum absolute atomic E-state index is 0.241. The molecular weight excluding hydrogens is 184 g/mol. The Labute approximate surface area is 92.2 Å². The SMILES string of the molecule is C=C(CC)CC(N)CCc1ccncc1. The molecule has 2 heteroatoms. The Hall–Kier alpha value is -1.15. The van der Waals surface area contributed by atoms with Crippen molar-refractivity contribution in [1.29, 1.82) is 0 Å². The maximum absolute atomic E-state index is 6.02. The summed E-state index contributed by atoms with van der Waals surface area (Å²) in [7, 11) is 0. The van der Waals surface area contributed by atoms with E-state index >= 15 is 0 Å². The van der Waals surface area contributed by atoms with Gasteiger partial charge >= 0.3 is 0 Å². The van der Waals surface area contributed by atoms with Gasteiger partial charge in [-0.15, -0.1) is 0 Å². The minimum atomic E-state index is 0.241. The highest BCUT2D eigenvalue weighted by molar-refractivity contribution is 5.10. The summed E-state index contributed by atoms with van der Waals surface area (Å²) < 4.78 is 0. The van der Waals surface area contributed by atoms with Gasteiger partial charge in [0.1, 0.15) is 0 Å². The molecule has 0 radical (unpaired) electrons. The number of hydrogen-bond acceptors (Lipinski definition) is 2. The van der Waals surface area contributed by atoms with Crippen LogP contribution >= 0.6 is 0 Å². The summed E-state index contributed by atoms with van der Waals surface area (Å²) in [6.45, 7) is 6.10. The van der Waals surface area contributed by atoms with Gasteiger partial charge in [-0.2, -0.15) is 0 Å². The second kappa shape index (κ2) is 6.36. The molecule has 2 N–H and O–H groups in total. The van der Waals surface area contributed by atoms with E-state index in [1.807, 2.05) is 24.5 Å². The Morgan fingerprint density at radius 1 is 1.47 bits per heavy atom. The molecule has 2 nitrogen and oxygen atoms in total. The molecule has 1 rings (SSSR count). The fraction of sp³-hybridized carbons (Fsp3) is 0.462. The number of pyridine rings is 1. The van der Waals surface area contributed by atoms with Crippen molar-refractivity contribution in [2.24, 2.45) is 5.73 Å². The van der Waals surface area contributed by atoms with Crippen molar-refractivity contribution < 1.29 is 0 Å². The summed E-state index contributed by atoms with van der Waals surface area (Å²) in [5.74, 6) is 0. The van der Waals surface area contributed by atoms with Crippen LogP contribution in [0.25, 0.3) is 0 Å². The molecule has 82 valence electrons. The first-order valence-electron chi connectivity index (χ1n) is 5.53. The molecule has 1 aromatic heterocycles. The van der Waals surface area contributed by atoms with Crippen LogP contribution in [-0.2, 0) is 6.42 Å². The molecule has 0 saturated carbocycles. The largest absolute Gasteiger partial charge is 0.327 e. The van der Waals surface area contributed by atoms with Gasteiger partial charge in [-0.1, -0.05) is 19.1 Å². The van der Waals surface area contributed by atoms with Crippen LogP contribution in [-0.4, -0.2) is 11.0 Å². The van der Waals surface area contributed by atoms with Gasteiger partial charge < -0.3 is 5.73 Å². The van der Waals surface area contributed by atoms with Gasteiger partial charge in [0.2, 0.25) is 0 Å². The van der Waals surface area contributed by atoms with Crippen LogP contribution in [0.5, 0.6) is 0 Å². The maximum Gasteiger partial charge on any atom is 0.0270 e. The van der Waals surface area contributed by atoms with Crippen molar-refractivity contribution in [3.63, 3.8) is 0 Å². The van der Waals surface area contributed by atoms with E-state index in [-0.39, 0.29) is 6.04 Å². The fourth-order valence-corrected chi connectivity index (χ4v) is 1.52. The van der Waals surface area contributed by atoms with Gasteiger partial charge in [0.25, 0.3) is 0 Å². The molecule has 0 spiro atoms. The first kappa shape index (κ1) is 11.9. The van der Waals surface area contributed by atoms with E-state index in [9.17, 15) is 0 Å². The van der Waals surface area contributed by atoms with E-state index in [4.69, 9.17) is 5.73 Å². The molecule has 0 amide bonds. The van der Waals surface area contributed by atoms with Crippen molar-refractivity contribution >= 4 is 0 Å². The average Bonchev–Trinajstić information content (AvgIpc) is 2.27. The quantitative estimate of drug-likeness (QED) is 0.724. The first-order valence-corrected chi connectivity index (χ1v) is 5.53. The van der Waals surface area contributed by atoms with E-state index in [0.717, 1.165) is 25.7 Å². The number of nitrogens with two attached hydrogens (primary N) is 1. The summed E-state index contributed by atoms with van der Waals surface area (Å²) in [5.41, 5.74) is 8.58. The molecule has 0 aromatic carbocycles. The van der Waals surface area contributed by atoms with Crippen molar-refractivity contribution in [2.75, 3.05) is 0 Å². The first-order chi connectivity index (χ1) is 7.22. The summed E-state index contributed by atoms with van der Waals surface area (Å²) >= 11 is 0. The zero-order valence-corrected chi connectivity index (χ0v) is 9.45. The maximum atomic E-state index is 6.02. The lowest BCUT2D eigenvalue weighted by atomic mass is 10.00. The van der Waals surface area contributed by atoms with Crippen LogP contribution in [0.4, 0.5) is 0 Å². The standard InChI is InChI=1S/C13H20N2/c1-3-11(2)10-13(14)5-4-12-6-8-15-9-7-12/h6-9,13H,2-5,10,14H2,1H3. The van der Waals surface area contributed by atoms with Gasteiger partial charge in [0.15, 0.2) is 0 Å². The number of nitrogens with zero attached hydrogens (tertiary/aromatic N) is 1. The monoisotopic (exact) mass is 204 g/mol. The highest BCUT2D eigenvalue weighted by atomic mass is 14.6. The van der Waals surface area contributed by atoms with Crippen LogP contribution < -0.4 is 5.73 Å². The molecule has 1 atom stereocenters. The van der Waals surface area contributed by atoms with E-state index in [0.29, 0.717) is 0 Å². The molecule has 0 bridgehead atoms. The molecule has 0 aliphatic heterocycles. The second-order valence-corrected chi connectivity index (χ2v) is 3.96. The lowest BCUT2D eigenvalue weighted by Crippen LogP contribution is -2.21. The highest BCUT2D eigenvalue weighted by Gasteiger charge is 2.04. The third-order valence-corrected chi connectivity index (χ3v) is 2.60. The zero-order valence-electron chi connectivity index (χ0n) is 9.45. The smallest absolute Gasteiger partial charge is 0.0270 e. The molecule has 15 heavy (non-hydrogen) atoms. The van der Waals surface area contributed by atoms with Gasteiger partial charge in [-0.3, -0.25) is 4.98 Å². The Balaban J connectivity index is 2.28. The highest BCUT2D eigenvalue weighted by Crippen LogP contribution is 2.10. The predicted molar refractivity (Wildman–Crippen MR) is 64.6 cm³/mol.